The first-order valence-corrected chi connectivity index (χ1v) is 10.6. The predicted molar refractivity (Wildman–Crippen MR) is 115 cm³/mol. The van der Waals surface area contributed by atoms with Crippen molar-refractivity contribution in [1.82, 2.24) is 19.6 Å². The van der Waals surface area contributed by atoms with Crippen LogP contribution in [0.1, 0.15) is 27.2 Å². The van der Waals surface area contributed by atoms with Crippen LogP contribution in [0.25, 0.3) is 5.69 Å². The molecule has 0 bridgehead atoms. The van der Waals surface area contributed by atoms with Crippen molar-refractivity contribution in [2.75, 3.05) is 32.8 Å². The monoisotopic (exact) mass is 402 g/mol. The van der Waals surface area contributed by atoms with E-state index in [9.17, 15) is 4.79 Å². The Kier molecular flexibility index (Phi) is 5.01. The van der Waals surface area contributed by atoms with Gasteiger partial charge in [0.25, 0.3) is 5.91 Å². The van der Waals surface area contributed by atoms with E-state index < -0.39 is 0 Å². The van der Waals surface area contributed by atoms with Gasteiger partial charge in [0.1, 0.15) is 5.75 Å². The Hall–Kier alpha value is -3.12. The van der Waals surface area contributed by atoms with Gasteiger partial charge in [0.05, 0.1) is 29.7 Å². The maximum absolute atomic E-state index is 13.1. The molecule has 0 aliphatic carbocycles. The lowest BCUT2D eigenvalue weighted by Crippen LogP contribution is -2.48. The molecule has 1 saturated heterocycles. The summed E-state index contributed by atoms with van der Waals surface area (Å²) in [7, 11) is 0. The lowest BCUT2D eigenvalue weighted by atomic mass is 10.1. The Balaban J connectivity index is 1.22. The highest BCUT2D eigenvalue weighted by Crippen LogP contribution is 2.26. The van der Waals surface area contributed by atoms with Crippen molar-refractivity contribution in [2.45, 2.75) is 19.9 Å². The lowest BCUT2D eigenvalue weighted by Gasteiger charge is -2.34. The molecule has 2 aliphatic heterocycles. The van der Waals surface area contributed by atoms with Gasteiger partial charge < -0.3 is 9.64 Å². The van der Waals surface area contributed by atoms with E-state index in [4.69, 9.17) is 4.74 Å². The number of piperazine rings is 1. The van der Waals surface area contributed by atoms with E-state index >= 15 is 0 Å². The SMILES string of the molecule is Cc1c(C(=O)N2CCN(Cc3ccc4c(c3)CCO4)CC2)cnn1-c1ccccc1. The molecule has 6 nitrogen and oxygen atoms in total. The molecule has 1 aromatic heterocycles. The topological polar surface area (TPSA) is 50.6 Å². The van der Waals surface area contributed by atoms with E-state index in [1.807, 2.05) is 46.8 Å². The summed E-state index contributed by atoms with van der Waals surface area (Å²) in [5, 5.41) is 4.45. The first-order chi connectivity index (χ1) is 14.7. The molecule has 154 valence electrons. The number of amides is 1. The molecule has 5 rings (SSSR count). The van der Waals surface area contributed by atoms with Crippen LogP contribution in [0, 0.1) is 6.92 Å². The van der Waals surface area contributed by atoms with E-state index in [1.165, 1.54) is 11.1 Å². The van der Waals surface area contributed by atoms with Crippen molar-refractivity contribution in [1.29, 1.82) is 0 Å². The van der Waals surface area contributed by atoms with Gasteiger partial charge in [-0.15, -0.1) is 0 Å². The van der Waals surface area contributed by atoms with E-state index in [1.54, 1.807) is 6.20 Å². The third-order valence-electron chi connectivity index (χ3n) is 6.06. The van der Waals surface area contributed by atoms with Crippen LogP contribution in [-0.4, -0.2) is 58.3 Å². The van der Waals surface area contributed by atoms with Crippen molar-refractivity contribution < 1.29 is 9.53 Å². The molecular weight excluding hydrogens is 376 g/mol. The first kappa shape index (κ1) is 18.9. The Morgan fingerprint density at radius 1 is 1.07 bits per heavy atom. The zero-order chi connectivity index (χ0) is 20.5. The van der Waals surface area contributed by atoms with Crippen LogP contribution < -0.4 is 4.74 Å². The van der Waals surface area contributed by atoms with Crippen molar-refractivity contribution in [3.05, 3.63) is 77.1 Å². The fourth-order valence-electron chi connectivity index (χ4n) is 4.32. The van der Waals surface area contributed by atoms with Gasteiger partial charge in [-0.2, -0.15) is 5.10 Å². The number of ether oxygens (including phenoxy) is 1. The summed E-state index contributed by atoms with van der Waals surface area (Å²) in [5.41, 5.74) is 5.17. The van der Waals surface area contributed by atoms with Gasteiger partial charge in [0.15, 0.2) is 0 Å². The summed E-state index contributed by atoms with van der Waals surface area (Å²) in [6.45, 7) is 6.91. The van der Waals surface area contributed by atoms with Crippen LogP contribution in [0.3, 0.4) is 0 Å². The minimum Gasteiger partial charge on any atom is -0.493 e. The minimum atomic E-state index is 0.0732. The molecular formula is C24H26N4O2. The average molecular weight is 402 g/mol. The highest BCUT2D eigenvalue weighted by molar-refractivity contribution is 5.95. The van der Waals surface area contributed by atoms with Crippen LogP contribution >= 0.6 is 0 Å². The normalized spacial score (nSPS) is 16.4. The minimum absolute atomic E-state index is 0.0732. The molecule has 2 aliphatic rings. The molecule has 6 heteroatoms. The number of hydrogen-bond donors (Lipinski definition) is 0. The second kappa shape index (κ2) is 7.95. The zero-order valence-corrected chi connectivity index (χ0v) is 17.3. The number of carbonyl (C=O) groups excluding carboxylic acids is 1. The number of para-hydroxylation sites is 1. The van der Waals surface area contributed by atoms with E-state index in [0.29, 0.717) is 5.56 Å². The van der Waals surface area contributed by atoms with E-state index in [-0.39, 0.29) is 5.91 Å². The summed E-state index contributed by atoms with van der Waals surface area (Å²) in [5.74, 6) is 1.10. The predicted octanol–water partition coefficient (Wildman–Crippen LogP) is 3.07. The largest absolute Gasteiger partial charge is 0.493 e. The van der Waals surface area contributed by atoms with Gasteiger partial charge in [-0.1, -0.05) is 30.3 Å². The van der Waals surface area contributed by atoms with E-state index in [2.05, 4.69) is 28.2 Å². The van der Waals surface area contributed by atoms with Gasteiger partial charge in [-0.3, -0.25) is 9.69 Å². The average Bonchev–Trinajstić information content (AvgIpc) is 3.40. The van der Waals surface area contributed by atoms with Crippen LogP contribution in [0.15, 0.2) is 54.7 Å². The van der Waals surface area contributed by atoms with Crippen LogP contribution in [0.4, 0.5) is 0 Å². The molecule has 3 aromatic rings. The van der Waals surface area contributed by atoms with Crippen LogP contribution in [-0.2, 0) is 13.0 Å². The molecule has 2 aromatic carbocycles. The van der Waals surface area contributed by atoms with Gasteiger partial charge in [0.2, 0.25) is 0 Å². The number of hydrogen-bond acceptors (Lipinski definition) is 4. The first-order valence-electron chi connectivity index (χ1n) is 10.6. The highest BCUT2D eigenvalue weighted by atomic mass is 16.5. The Morgan fingerprint density at radius 2 is 1.87 bits per heavy atom. The van der Waals surface area contributed by atoms with Crippen LogP contribution in [0.2, 0.25) is 0 Å². The summed E-state index contributed by atoms with van der Waals surface area (Å²) in [6, 6.07) is 16.4. The Morgan fingerprint density at radius 3 is 2.67 bits per heavy atom. The molecule has 0 spiro atoms. The van der Waals surface area contributed by atoms with Crippen molar-refractivity contribution in [3.63, 3.8) is 0 Å². The van der Waals surface area contributed by atoms with Crippen molar-refractivity contribution >= 4 is 5.91 Å². The van der Waals surface area contributed by atoms with Crippen molar-refractivity contribution in [3.8, 4) is 11.4 Å². The third kappa shape index (κ3) is 3.59. The fraction of sp³-hybridized carbons (Fsp3) is 0.333. The second-order valence-corrected chi connectivity index (χ2v) is 8.00. The molecule has 1 amide bonds. The maximum atomic E-state index is 13.1. The number of carbonyl (C=O) groups is 1. The van der Waals surface area contributed by atoms with Gasteiger partial charge in [-0.25, -0.2) is 4.68 Å². The van der Waals surface area contributed by atoms with Gasteiger partial charge in [-0.05, 0) is 36.2 Å². The van der Waals surface area contributed by atoms with Crippen molar-refractivity contribution in [2.24, 2.45) is 0 Å². The summed E-state index contributed by atoms with van der Waals surface area (Å²) in [6.07, 6.45) is 2.70. The highest BCUT2D eigenvalue weighted by Gasteiger charge is 2.25. The van der Waals surface area contributed by atoms with E-state index in [0.717, 1.165) is 62.9 Å². The molecule has 0 N–H and O–H groups in total. The number of nitrogens with zero attached hydrogens (tertiary/aromatic N) is 4. The Labute approximate surface area is 176 Å². The quantitative estimate of drug-likeness (QED) is 0.673. The zero-order valence-electron chi connectivity index (χ0n) is 17.3. The number of rotatable bonds is 4. The molecule has 0 unspecified atom stereocenters. The second-order valence-electron chi connectivity index (χ2n) is 8.00. The molecule has 0 saturated carbocycles. The summed E-state index contributed by atoms with van der Waals surface area (Å²) >= 11 is 0. The molecule has 0 radical (unpaired) electrons. The van der Waals surface area contributed by atoms with Crippen LogP contribution in [0.5, 0.6) is 5.75 Å². The third-order valence-corrected chi connectivity index (χ3v) is 6.06. The summed E-state index contributed by atoms with van der Waals surface area (Å²) < 4.78 is 7.44. The number of aromatic nitrogens is 2. The lowest BCUT2D eigenvalue weighted by molar-refractivity contribution is 0.0627. The smallest absolute Gasteiger partial charge is 0.257 e. The summed E-state index contributed by atoms with van der Waals surface area (Å²) in [4.78, 5) is 17.5. The molecule has 30 heavy (non-hydrogen) atoms. The van der Waals surface area contributed by atoms with Gasteiger partial charge in [0, 0.05) is 39.1 Å². The molecule has 1 fully saturated rings. The standard InChI is InChI=1S/C24H26N4O2/c1-18-22(16-25-28(18)21-5-3-2-4-6-21)24(29)27-12-10-26(11-13-27)17-19-7-8-23-20(15-19)9-14-30-23/h2-8,15-16H,9-14,17H2,1H3. The molecule has 0 atom stereocenters. The fourth-order valence-corrected chi connectivity index (χ4v) is 4.32. The maximum Gasteiger partial charge on any atom is 0.257 e. The molecule has 3 heterocycles. The number of fused-ring (bicyclic) bond motifs is 1. The number of benzene rings is 2. The van der Waals surface area contributed by atoms with Gasteiger partial charge >= 0.3 is 0 Å². The Bertz CT molecular complexity index is 1050.